The Balaban J connectivity index is 1.92. The maximum absolute atomic E-state index is 11.4. The first-order valence-electron chi connectivity index (χ1n) is 6.74. The van der Waals surface area contributed by atoms with Gasteiger partial charge in [0.25, 0.3) is 5.91 Å². The van der Waals surface area contributed by atoms with Crippen LogP contribution in [0.3, 0.4) is 0 Å². The van der Waals surface area contributed by atoms with Crippen LogP contribution in [0.5, 0.6) is 5.75 Å². The predicted molar refractivity (Wildman–Crippen MR) is 75.5 cm³/mol. The summed E-state index contributed by atoms with van der Waals surface area (Å²) in [5, 5.41) is 0. The highest BCUT2D eigenvalue weighted by Crippen LogP contribution is 2.34. The van der Waals surface area contributed by atoms with Gasteiger partial charge in [0.1, 0.15) is 11.9 Å². The number of carbonyl (C=O) groups excluding carboxylic acids is 1. The third-order valence-corrected chi connectivity index (χ3v) is 3.63. The summed E-state index contributed by atoms with van der Waals surface area (Å²) in [6.45, 7) is 0. The molecule has 0 aliphatic heterocycles. The van der Waals surface area contributed by atoms with Gasteiger partial charge >= 0.3 is 0 Å². The van der Waals surface area contributed by atoms with Gasteiger partial charge in [-0.2, -0.15) is 0 Å². The molecule has 0 spiro atoms. The number of pyridine rings is 1. The lowest BCUT2D eigenvalue weighted by Crippen LogP contribution is -2.18. The molecule has 4 heteroatoms. The molecule has 1 atom stereocenters. The first kappa shape index (κ1) is 12.7. The van der Waals surface area contributed by atoms with E-state index in [4.69, 9.17) is 10.5 Å². The number of ether oxygens (including phenoxy) is 1. The number of benzene rings is 1. The van der Waals surface area contributed by atoms with E-state index in [0.29, 0.717) is 11.3 Å². The number of carbonyl (C=O) groups is 1. The van der Waals surface area contributed by atoms with Gasteiger partial charge in [-0.05, 0) is 36.5 Å². The normalized spacial score (nSPS) is 17.3. The topological polar surface area (TPSA) is 65.2 Å². The van der Waals surface area contributed by atoms with Gasteiger partial charge in [-0.1, -0.05) is 24.3 Å². The minimum atomic E-state index is -0.516. The van der Waals surface area contributed by atoms with Gasteiger partial charge in [0, 0.05) is 12.4 Å². The van der Waals surface area contributed by atoms with Crippen LogP contribution < -0.4 is 10.5 Å². The summed E-state index contributed by atoms with van der Waals surface area (Å²) >= 11 is 0. The number of nitrogens with zero attached hydrogens (tertiary/aromatic N) is 1. The summed E-state index contributed by atoms with van der Waals surface area (Å²) in [6.07, 6.45) is 6.13. The monoisotopic (exact) mass is 268 g/mol. The molecule has 20 heavy (non-hydrogen) atoms. The van der Waals surface area contributed by atoms with Crippen molar-refractivity contribution in [3.63, 3.8) is 0 Å². The first-order valence-corrected chi connectivity index (χ1v) is 6.74. The zero-order valence-corrected chi connectivity index (χ0v) is 11.1. The van der Waals surface area contributed by atoms with Crippen molar-refractivity contribution in [2.75, 3.05) is 0 Å². The van der Waals surface area contributed by atoms with E-state index < -0.39 is 5.91 Å². The second-order valence-corrected chi connectivity index (χ2v) is 4.93. The highest BCUT2D eigenvalue weighted by molar-refractivity contribution is 5.95. The summed E-state index contributed by atoms with van der Waals surface area (Å²) in [4.78, 5) is 15.3. The van der Waals surface area contributed by atoms with E-state index >= 15 is 0 Å². The Hall–Kier alpha value is -2.36. The quantitative estimate of drug-likeness (QED) is 0.930. The van der Waals surface area contributed by atoms with E-state index in [-0.39, 0.29) is 6.10 Å². The van der Waals surface area contributed by atoms with Crippen LogP contribution >= 0.6 is 0 Å². The number of primary amides is 1. The second kappa shape index (κ2) is 5.33. The van der Waals surface area contributed by atoms with E-state index in [1.54, 1.807) is 12.3 Å². The van der Waals surface area contributed by atoms with Crippen LogP contribution in [0.4, 0.5) is 0 Å². The molecule has 0 saturated carbocycles. The van der Waals surface area contributed by atoms with E-state index in [2.05, 4.69) is 17.1 Å². The van der Waals surface area contributed by atoms with Crippen LogP contribution in [0.2, 0.25) is 0 Å². The molecule has 2 aromatic rings. The highest BCUT2D eigenvalue weighted by atomic mass is 16.5. The first-order chi connectivity index (χ1) is 9.75. The van der Waals surface area contributed by atoms with Gasteiger partial charge in [-0.3, -0.25) is 9.78 Å². The Morgan fingerprint density at radius 1 is 1.30 bits per heavy atom. The molecule has 1 aromatic heterocycles. The molecular formula is C16H16N2O2. The zero-order valence-electron chi connectivity index (χ0n) is 11.1. The van der Waals surface area contributed by atoms with Crippen molar-refractivity contribution in [2.24, 2.45) is 5.73 Å². The summed E-state index contributed by atoms with van der Waals surface area (Å²) in [5.74, 6) is -0.00797. The Bertz CT molecular complexity index is 640. The molecule has 102 valence electrons. The largest absolute Gasteiger partial charge is 0.485 e. The Labute approximate surface area is 117 Å². The number of amides is 1. The van der Waals surface area contributed by atoms with Crippen LogP contribution in [-0.2, 0) is 6.42 Å². The minimum absolute atomic E-state index is 0.0274. The van der Waals surface area contributed by atoms with Crippen LogP contribution in [0.25, 0.3) is 0 Å². The van der Waals surface area contributed by atoms with E-state index in [1.165, 1.54) is 17.3 Å². The molecule has 4 nitrogen and oxygen atoms in total. The molecule has 0 radical (unpaired) electrons. The fourth-order valence-corrected chi connectivity index (χ4v) is 2.65. The minimum Gasteiger partial charge on any atom is -0.485 e. The average Bonchev–Trinajstić information content (AvgIpc) is 2.48. The molecule has 1 aromatic carbocycles. The van der Waals surface area contributed by atoms with Crippen molar-refractivity contribution in [3.05, 3.63) is 59.4 Å². The van der Waals surface area contributed by atoms with Gasteiger partial charge in [0.15, 0.2) is 0 Å². The summed E-state index contributed by atoms with van der Waals surface area (Å²) < 4.78 is 6.03. The van der Waals surface area contributed by atoms with Gasteiger partial charge < -0.3 is 10.5 Å². The van der Waals surface area contributed by atoms with Gasteiger partial charge in [-0.15, -0.1) is 0 Å². The second-order valence-electron chi connectivity index (χ2n) is 4.93. The smallest absolute Gasteiger partial charge is 0.254 e. The average molecular weight is 268 g/mol. The zero-order chi connectivity index (χ0) is 13.9. The van der Waals surface area contributed by atoms with Gasteiger partial charge in [0.05, 0.1) is 5.56 Å². The maximum atomic E-state index is 11.4. The lowest BCUT2D eigenvalue weighted by Gasteiger charge is -2.26. The molecular weight excluding hydrogens is 252 g/mol. The van der Waals surface area contributed by atoms with Crippen molar-refractivity contribution in [1.82, 2.24) is 4.98 Å². The van der Waals surface area contributed by atoms with E-state index in [9.17, 15) is 4.79 Å². The molecule has 1 aliphatic rings. The number of nitrogens with two attached hydrogens (primary N) is 1. The van der Waals surface area contributed by atoms with E-state index in [0.717, 1.165) is 19.3 Å². The summed E-state index contributed by atoms with van der Waals surface area (Å²) in [6, 6.07) is 9.97. The Kier molecular flexibility index (Phi) is 3.37. The van der Waals surface area contributed by atoms with Gasteiger partial charge in [-0.25, -0.2) is 0 Å². The number of hydrogen-bond acceptors (Lipinski definition) is 3. The summed E-state index contributed by atoms with van der Waals surface area (Å²) in [7, 11) is 0. The van der Waals surface area contributed by atoms with Crippen molar-refractivity contribution >= 4 is 5.91 Å². The van der Waals surface area contributed by atoms with Crippen molar-refractivity contribution in [1.29, 1.82) is 0 Å². The molecule has 0 bridgehead atoms. The third kappa shape index (κ3) is 2.37. The SMILES string of the molecule is NC(=O)c1cnccc1OC1CCCc2ccccc21. The predicted octanol–water partition coefficient (Wildman–Crippen LogP) is 2.64. The summed E-state index contributed by atoms with van der Waals surface area (Å²) in [5.41, 5.74) is 8.20. The number of fused-ring (bicyclic) bond motifs is 1. The van der Waals surface area contributed by atoms with Gasteiger partial charge in [0.2, 0.25) is 0 Å². The lowest BCUT2D eigenvalue weighted by atomic mass is 9.89. The molecule has 1 unspecified atom stereocenters. The molecule has 0 saturated heterocycles. The molecule has 1 aliphatic carbocycles. The van der Waals surface area contributed by atoms with Crippen LogP contribution in [-0.4, -0.2) is 10.9 Å². The van der Waals surface area contributed by atoms with Crippen LogP contribution in [0.15, 0.2) is 42.7 Å². The van der Waals surface area contributed by atoms with Crippen LogP contribution in [0.1, 0.15) is 40.4 Å². The lowest BCUT2D eigenvalue weighted by molar-refractivity contribution is 0.0990. The third-order valence-electron chi connectivity index (χ3n) is 3.63. The van der Waals surface area contributed by atoms with Crippen LogP contribution in [0, 0.1) is 0 Å². The van der Waals surface area contributed by atoms with Crippen molar-refractivity contribution in [3.8, 4) is 5.75 Å². The fourth-order valence-electron chi connectivity index (χ4n) is 2.65. The number of rotatable bonds is 3. The molecule has 1 amide bonds. The van der Waals surface area contributed by atoms with Crippen molar-refractivity contribution in [2.45, 2.75) is 25.4 Å². The molecule has 1 heterocycles. The Morgan fingerprint density at radius 3 is 3.00 bits per heavy atom. The number of aryl methyl sites for hydroxylation is 1. The molecule has 3 rings (SSSR count). The number of aromatic nitrogens is 1. The highest BCUT2D eigenvalue weighted by Gasteiger charge is 2.22. The standard InChI is InChI=1S/C16H16N2O2/c17-16(19)13-10-18-9-8-15(13)20-14-7-3-5-11-4-1-2-6-12(11)14/h1-2,4,6,8-10,14H,3,5,7H2,(H2,17,19). The Morgan fingerprint density at radius 2 is 2.15 bits per heavy atom. The molecule has 0 fully saturated rings. The van der Waals surface area contributed by atoms with Crippen molar-refractivity contribution < 1.29 is 9.53 Å². The number of hydrogen-bond donors (Lipinski definition) is 1. The fraction of sp³-hybridized carbons (Fsp3) is 0.250. The molecule has 2 N–H and O–H groups in total. The van der Waals surface area contributed by atoms with E-state index in [1.807, 2.05) is 12.1 Å². The maximum Gasteiger partial charge on any atom is 0.254 e.